The molecule has 0 heterocycles. The third-order valence-corrected chi connectivity index (χ3v) is 2.50. The van der Waals surface area contributed by atoms with Crippen molar-refractivity contribution in [2.45, 2.75) is 26.3 Å². The van der Waals surface area contributed by atoms with E-state index in [0.717, 1.165) is 0 Å². The molecule has 5 nitrogen and oxygen atoms in total. The predicted octanol–water partition coefficient (Wildman–Crippen LogP) is -0.436. The van der Waals surface area contributed by atoms with Crippen LogP contribution in [0.1, 0.15) is 20.3 Å². The summed E-state index contributed by atoms with van der Waals surface area (Å²) >= 11 is 0. The molecule has 3 N–H and O–H groups in total. The van der Waals surface area contributed by atoms with Crippen LogP contribution in [0.2, 0.25) is 0 Å². The summed E-state index contributed by atoms with van der Waals surface area (Å²) in [5, 5.41) is 2.57. The highest BCUT2D eigenvalue weighted by molar-refractivity contribution is 5.80. The van der Waals surface area contributed by atoms with E-state index in [9.17, 15) is 9.59 Å². The van der Waals surface area contributed by atoms with Crippen LogP contribution in [0.4, 0.5) is 0 Å². The average molecular weight is 215 g/mol. The second-order valence-electron chi connectivity index (χ2n) is 3.78. The minimum Gasteiger partial charge on any atom is -0.368 e. The van der Waals surface area contributed by atoms with Crippen molar-refractivity contribution < 1.29 is 9.59 Å². The Morgan fingerprint density at radius 2 is 2.00 bits per heavy atom. The largest absolute Gasteiger partial charge is 0.368 e. The lowest BCUT2D eigenvalue weighted by Gasteiger charge is -2.26. The van der Waals surface area contributed by atoms with Crippen LogP contribution in [-0.4, -0.2) is 43.4 Å². The van der Waals surface area contributed by atoms with E-state index in [0.29, 0.717) is 13.0 Å². The molecule has 0 spiro atoms. The topological polar surface area (TPSA) is 75.4 Å². The van der Waals surface area contributed by atoms with Gasteiger partial charge < -0.3 is 11.1 Å². The molecule has 2 amide bonds. The van der Waals surface area contributed by atoms with E-state index < -0.39 is 0 Å². The monoisotopic (exact) mass is 215 g/mol. The molecule has 2 atom stereocenters. The van der Waals surface area contributed by atoms with Crippen LogP contribution >= 0.6 is 0 Å². The number of hydrogen-bond donors (Lipinski definition) is 2. The Bertz CT molecular complexity index is 231. The fourth-order valence-electron chi connectivity index (χ4n) is 1.62. The molecular weight excluding hydrogens is 194 g/mol. The first-order chi connectivity index (χ1) is 6.93. The highest BCUT2D eigenvalue weighted by atomic mass is 16.2. The highest BCUT2D eigenvalue weighted by Crippen LogP contribution is 2.05. The number of rotatable bonds is 6. The molecule has 2 unspecified atom stereocenters. The van der Waals surface area contributed by atoms with Crippen molar-refractivity contribution in [3.05, 3.63) is 0 Å². The van der Waals surface area contributed by atoms with Gasteiger partial charge in [0, 0.05) is 19.5 Å². The maximum atomic E-state index is 11.3. The van der Waals surface area contributed by atoms with Gasteiger partial charge in [0.2, 0.25) is 11.8 Å². The molecule has 0 rings (SSSR count). The number of hydrogen-bond acceptors (Lipinski definition) is 3. The molecule has 0 aromatic carbocycles. The number of nitrogens with one attached hydrogen (secondary N) is 1. The number of amides is 2. The summed E-state index contributed by atoms with van der Waals surface area (Å²) in [7, 11) is 3.41. The molecule has 0 radical (unpaired) electrons. The van der Waals surface area contributed by atoms with Crippen molar-refractivity contribution in [2.75, 3.05) is 20.6 Å². The van der Waals surface area contributed by atoms with Gasteiger partial charge in [-0.2, -0.15) is 0 Å². The number of carbonyl (C=O) groups excluding carboxylic acids is 2. The van der Waals surface area contributed by atoms with Crippen molar-refractivity contribution in [1.82, 2.24) is 10.2 Å². The Labute approximate surface area is 91.0 Å². The zero-order valence-electron chi connectivity index (χ0n) is 9.91. The maximum absolute atomic E-state index is 11.3. The fraction of sp³-hybridized carbons (Fsp3) is 0.800. The first kappa shape index (κ1) is 13.9. The number of nitrogens with zero attached hydrogens (tertiary/aromatic N) is 1. The quantitative estimate of drug-likeness (QED) is 0.631. The Morgan fingerprint density at radius 3 is 2.33 bits per heavy atom. The van der Waals surface area contributed by atoms with Gasteiger partial charge in [-0.1, -0.05) is 13.8 Å². The van der Waals surface area contributed by atoms with Gasteiger partial charge in [-0.15, -0.1) is 0 Å². The van der Waals surface area contributed by atoms with Crippen molar-refractivity contribution in [3.8, 4) is 0 Å². The summed E-state index contributed by atoms with van der Waals surface area (Å²) in [6.45, 7) is 4.25. The highest BCUT2D eigenvalue weighted by Gasteiger charge is 2.22. The van der Waals surface area contributed by atoms with Crippen molar-refractivity contribution in [3.63, 3.8) is 0 Å². The van der Waals surface area contributed by atoms with Crippen LogP contribution in [0, 0.1) is 5.92 Å². The van der Waals surface area contributed by atoms with Crippen LogP contribution in [0.25, 0.3) is 0 Å². The van der Waals surface area contributed by atoms with Crippen LogP contribution in [-0.2, 0) is 9.59 Å². The summed E-state index contributed by atoms with van der Waals surface area (Å²) in [5.74, 6) is -0.515. The fourth-order valence-corrected chi connectivity index (χ4v) is 1.62. The van der Waals surface area contributed by atoms with Gasteiger partial charge >= 0.3 is 0 Å². The van der Waals surface area contributed by atoms with Crippen molar-refractivity contribution in [1.29, 1.82) is 0 Å². The minimum absolute atomic E-state index is 0.0267. The predicted molar refractivity (Wildman–Crippen MR) is 59.1 cm³/mol. The lowest BCUT2D eigenvalue weighted by Crippen LogP contribution is -2.45. The third kappa shape index (κ3) is 4.29. The zero-order valence-corrected chi connectivity index (χ0v) is 9.91. The smallest absolute Gasteiger partial charge is 0.234 e. The van der Waals surface area contributed by atoms with Gasteiger partial charge in [-0.25, -0.2) is 0 Å². The van der Waals surface area contributed by atoms with Gasteiger partial charge in [0.25, 0.3) is 0 Å². The Morgan fingerprint density at radius 1 is 1.47 bits per heavy atom. The average Bonchev–Trinajstić information content (AvgIpc) is 2.16. The molecule has 88 valence electrons. The van der Waals surface area contributed by atoms with E-state index in [1.165, 1.54) is 0 Å². The first-order valence-electron chi connectivity index (χ1n) is 5.15. The van der Waals surface area contributed by atoms with E-state index >= 15 is 0 Å². The summed E-state index contributed by atoms with van der Waals surface area (Å²) in [4.78, 5) is 24.2. The first-order valence-corrected chi connectivity index (χ1v) is 5.15. The number of nitrogens with two attached hydrogens (primary N) is 1. The molecule has 0 bridgehead atoms. The minimum atomic E-state index is -0.343. The zero-order chi connectivity index (χ0) is 12.0. The summed E-state index contributed by atoms with van der Waals surface area (Å²) in [6.07, 6.45) is 0.659. The van der Waals surface area contributed by atoms with E-state index in [4.69, 9.17) is 5.73 Å². The Balaban J connectivity index is 4.27. The maximum Gasteiger partial charge on any atom is 0.234 e. The molecule has 0 aromatic rings. The molecular formula is C10H21N3O2. The lowest BCUT2D eigenvalue weighted by atomic mass is 10.1. The molecule has 15 heavy (non-hydrogen) atoms. The van der Waals surface area contributed by atoms with E-state index in [1.54, 1.807) is 14.1 Å². The molecule has 0 aliphatic rings. The van der Waals surface area contributed by atoms with Crippen LogP contribution < -0.4 is 11.1 Å². The Kier molecular flexibility index (Phi) is 5.93. The third-order valence-electron chi connectivity index (χ3n) is 2.50. The van der Waals surface area contributed by atoms with Crippen molar-refractivity contribution >= 4 is 11.8 Å². The molecule has 5 heteroatoms. The van der Waals surface area contributed by atoms with Gasteiger partial charge in [0.15, 0.2) is 0 Å². The summed E-state index contributed by atoms with van der Waals surface area (Å²) in [6, 6.07) is -0.294. The molecule has 0 saturated heterocycles. The molecule has 0 aliphatic heterocycles. The molecule has 0 fully saturated rings. The molecule has 0 aliphatic carbocycles. The molecule has 0 saturated carbocycles. The SMILES string of the molecule is CCC(C(N)=O)N(C)CC(C)C(=O)NC. The lowest BCUT2D eigenvalue weighted by molar-refractivity contribution is -0.127. The van der Waals surface area contributed by atoms with E-state index in [2.05, 4.69) is 5.32 Å². The van der Waals surface area contributed by atoms with E-state index in [1.807, 2.05) is 18.7 Å². The van der Waals surface area contributed by atoms with Gasteiger partial charge in [-0.3, -0.25) is 14.5 Å². The number of likely N-dealkylation sites (N-methyl/N-ethyl adjacent to an activating group) is 1. The van der Waals surface area contributed by atoms with Crippen LogP contribution in [0.15, 0.2) is 0 Å². The van der Waals surface area contributed by atoms with Crippen LogP contribution in [0.3, 0.4) is 0 Å². The van der Waals surface area contributed by atoms with Gasteiger partial charge in [0.05, 0.1) is 6.04 Å². The second kappa shape index (κ2) is 6.40. The van der Waals surface area contributed by atoms with Crippen LogP contribution in [0.5, 0.6) is 0 Å². The number of primary amides is 1. The summed E-state index contributed by atoms with van der Waals surface area (Å²) in [5.41, 5.74) is 5.25. The van der Waals surface area contributed by atoms with Crippen molar-refractivity contribution in [2.24, 2.45) is 11.7 Å². The normalized spacial score (nSPS) is 14.7. The van der Waals surface area contributed by atoms with E-state index in [-0.39, 0.29) is 23.8 Å². The van der Waals surface area contributed by atoms with Gasteiger partial charge in [-0.05, 0) is 13.5 Å². The second-order valence-corrected chi connectivity index (χ2v) is 3.78. The number of carbonyl (C=O) groups is 2. The molecule has 0 aromatic heterocycles. The van der Waals surface area contributed by atoms with Gasteiger partial charge in [0.1, 0.15) is 0 Å². The summed E-state index contributed by atoms with van der Waals surface area (Å²) < 4.78 is 0. The standard InChI is InChI=1S/C10H21N3O2/c1-5-8(9(11)14)13(4)6-7(2)10(15)12-3/h7-8H,5-6H2,1-4H3,(H2,11,14)(H,12,15). The Hall–Kier alpha value is -1.10.